The van der Waals surface area contributed by atoms with Gasteiger partial charge in [-0.1, -0.05) is 34.6 Å². The lowest BCUT2D eigenvalue weighted by Gasteiger charge is -2.19. The van der Waals surface area contributed by atoms with Crippen molar-refractivity contribution in [3.8, 4) is 0 Å². The number of hydrogen-bond acceptors (Lipinski definition) is 6. The number of Topliss-reactive ketones (excluding diaryl/α,β-unsaturated/α-hetero) is 3. The van der Waals surface area contributed by atoms with Crippen LogP contribution >= 0.6 is 11.8 Å². The van der Waals surface area contributed by atoms with Crippen molar-refractivity contribution in [2.45, 2.75) is 72.8 Å². The lowest BCUT2D eigenvalue weighted by Crippen LogP contribution is -2.44. The average Bonchev–Trinajstić information content (AvgIpc) is 2.68. The highest BCUT2D eigenvalue weighted by Crippen LogP contribution is 2.14. The maximum Gasteiger partial charge on any atom is 0.223 e. The number of amides is 2. The van der Waals surface area contributed by atoms with Gasteiger partial charge in [-0.15, -0.1) is 0 Å². The van der Waals surface area contributed by atoms with E-state index in [1.165, 1.54) is 11.8 Å². The molecular weight excluding hydrogens is 404 g/mol. The van der Waals surface area contributed by atoms with Crippen LogP contribution in [-0.2, 0) is 24.0 Å². The molecule has 0 rings (SSSR count). The van der Waals surface area contributed by atoms with Crippen LogP contribution in [0.15, 0.2) is 0 Å². The summed E-state index contributed by atoms with van der Waals surface area (Å²) in [5.41, 5.74) is 0. The van der Waals surface area contributed by atoms with E-state index in [1.807, 2.05) is 13.2 Å². The molecule has 0 saturated heterocycles. The van der Waals surface area contributed by atoms with E-state index in [-0.39, 0.29) is 60.9 Å². The van der Waals surface area contributed by atoms with Crippen LogP contribution in [0.4, 0.5) is 0 Å². The van der Waals surface area contributed by atoms with Crippen LogP contribution in [0.25, 0.3) is 0 Å². The third kappa shape index (κ3) is 12.1. The number of carbonyl (C=O) groups is 5. The van der Waals surface area contributed by atoms with Gasteiger partial charge in [-0.2, -0.15) is 11.8 Å². The zero-order valence-corrected chi connectivity index (χ0v) is 20.0. The Bertz CT molecular complexity index is 606. The molecule has 30 heavy (non-hydrogen) atoms. The van der Waals surface area contributed by atoms with Gasteiger partial charge in [0.25, 0.3) is 0 Å². The minimum atomic E-state index is -0.705. The van der Waals surface area contributed by atoms with Gasteiger partial charge in [0.15, 0.2) is 11.6 Å². The van der Waals surface area contributed by atoms with Crippen molar-refractivity contribution in [2.75, 3.05) is 18.6 Å². The molecule has 0 fully saturated rings. The number of ketones is 3. The maximum absolute atomic E-state index is 12.6. The van der Waals surface area contributed by atoms with Crippen molar-refractivity contribution in [3.05, 3.63) is 0 Å². The third-order valence-corrected chi connectivity index (χ3v) is 5.51. The van der Waals surface area contributed by atoms with Gasteiger partial charge < -0.3 is 10.6 Å². The molecule has 2 N–H and O–H groups in total. The first-order chi connectivity index (χ1) is 14.0. The normalized spacial score (nSPS) is 14.0. The Labute approximate surface area is 184 Å². The Morgan fingerprint density at radius 1 is 0.900 bits per heavy atom. The number of rotatable bonds is 16. The van der Waals surface area contributed by atoms with Crippen molar-refractivity contribution in [3.63, 3.8) is 0 Å². The van der Waals surface area contributed by atoms with Crippen LogP contribution in [0.5, 0.6) is 0 Å². The minimum absolute atomic E-state index is 0.0258. The zero-order valence-electron chi connectivity index (χ0n) is 19.2. The second-order valence-electron chi connectivity index (χ2n) is 8.25. The van der Waals surface area contributed by atoms with Crippen molar-refractivity contribution in [1.82, 2.24) is 10.6 Å². The summed E-state index contributed by atoms with van der Waals surface area (Å²) in [6.07, 6.45) is 3.14. The quantitative estimate of drug-likeness (QED) is 0.380. The van der Waals surface area contributed by atoms with Crippen molar-refractivity contribution < 1.29 is 24.0 Å². The van der Waals surface area contributed by atoms with E-state index in [2.05, 4.69) is 24.5 Å². The van der Waals surface area contributed by atoms with Gasteiger partial charge in [0, 0.05) is 43.3 Å². The Hall–Kier alpha value is -1.70. The second-order valence-corrected chi connectivity index (χ2v) is 9.16. The first-order valence-corrected chi connectivity index (χ1v) is 12.0. The first kappa shape index (κ1) is 28.3. The monoisotopic (exact) mass is 442 g/mol. The highest BCUT2D eigenvalue weighted by molar-refractivity contribution is 7.98. The van der Waals surface area contributed by atoms with Crippen LogP contribution in [0.1, 0.15) is 66.7 Å². The SMILES string of the molecule is CCC(=O)CNC(=O)[C@H](C)CC(=O)[C@H](CSC)NC(=O)CCC(=O)[C@@H](C)CC(C)C. The molecule has 0 radical (unpaired) electrons. The van der Waals surface area contributed by atoms with Crippen molar-refractivity contribution in [1.29, 1.82) is 0 Å². The molecule has 0 aromatic rings. The molecule has 0 saturated carbocycles. The molecule has 0 aliphatic carbocycles. The second kappa shape index (κ2) is 15.2. The Balaban J connectivity index is 4.63. The summed E-state index contributed by atoms with van der Waals surface area (Å²) in [5, 5.41) is 5.25. The van der Waals surface area contributed by atoms with E-state index in [0.29, 0.717) is 18.1 Å². The van der Waals surface area contributed by atoms with E-state index in [9.17, 15) is 24.0 Å². The highest BCUT2D eigenvalue weighted by atomic mass is 32.2. The fourth-order valence-electron chi connectivity index (χ4n) is 2.99. The largest absolute Gasteiger partial charge is 0.349 e. The van der Waals surface area contributed by atoms with E-state index < -0.39 is 12.0 Å². The van der Waals surface area contributed by atoms with Crippen LogP contribution in [-0.4, -0.2) is 53.8 Å². The summed E-state index contributed by atoms with van der Waals surface area (Å²) in [4.78, 5) is 60.4. The summed E-state index contributed by atoms with van der Waals surface area (Å²) >= 11 is 1.42. The van der Waals surface area contributed by atoms with Gasteiger partial charge >= 0.3 is 0 Å². The molecule has 0 bridgehead atoms. The van der Waals surface area contributed by atoms with Crippen LogP contribution in [0.3, 0.4) is 0 Å². The van der Waals surface area contributed by atoms with Gasteiger partial charge in [0.05, 0.1) is 12.6 Å². The summed E-state index contributed by atoms with van der Waals surface area (Å²) in [5.74, 6) is -0.817. The predicted molar refractivity (Wildman–Crippen MR) is 120 cm³/mol. The van der Waals surface area contributed by atoms with Gasteiger partial charge in [0.2, 0.25) is 11.8 Å². The fourth-order valence-corrected chi connectivity index (χ4v) is 3.59. The maximum atomic E-state index is 12.6. The van der Waals surface area contributed by atoms with Gasteiger partial charge in [-0.3, -0.25) is 24.0 Å². The fraction of sp³-hybridized carbons (Fsp3) is 0.773. The third-order valence-electron chi connectivity index (χ3n) is 4.84. The van der Waals surface area contributed by atoms with Crippen LogP contribution in [0, 0.1) is 17.8 Å². The highest BCUT2D eigenvalue weighted by Gasteiger charge is 2.25. The number of nitrogens with one attached hydrogen (secondary N) is 2. The number of carbonyl (C=O) groups excluding carboxylic acids is 5. The van der Waals surface area contributed by atoms with E-state index in [0.717, 1.165) is 6.42 Å². The molecule has 7 nitrogen and oxygen atoms in total. The molecule has 3 atom stereocenters. The lowest BCUT2D eigenvalue weighted by molar-refractivity contribution is -0.132. The predicted octanol–water partition coefficient (Wildman–Crippen LogP) is 2.56. The molecule has 0 unspecified atom stereocenters. The van der Waals surface area contributed by atoms with Gasteiger partial charge in [-0.25, -0.2) is 0 Å². The molecular formula is C22H38N2O5S. The minimum Gasteiger partial charge on any atom is -0.349 e. The zero-order chi connectivity index (χ0) is 23.3. The Morgan fingerprint density at radius 2 is 1.53 bits per heavy atom. The Morgan fingerprint density at radius 3 is 2.07 bits per heavy atom. The smallest absolute Gasteiger partial charge is 0.223 e. The van der Waals surface area contributed by atoms with E-state index >= 15 is 0 Å². The van der Waals surface area contributed by atoms with Crippen LogP contribution in [0.2, 0.25) is 0 Å². The lowest BCUT2D eigenvalue weighted by atomic mass is 9.93. The molecule has 0 aromatic carbocycles. The first-order valence-electron chi connectivity index (χ1n) is 10.6. The summed E-state index contributed by atoms with van der Waals surface area (Å²) in [6, 6.07) is -0.705. The summed E-state index contributed by atoms with van der Waals surface area (Å²) < 4.78 is 0. The number of thioether (sulfide) groups is 1. The molecule has 172 valence electrons. The average molecular weight is 443 g/mol. The standard InChI is InChI=1S/C22H38N2O5S/c1-7-17(25)12-23-22(29)16(5)11-20(27)18(13-30-6)24-21(28)9-8-19(26)15(4)10-14(2)3/h14-16,18H,7-13H2,1-6H3,(H,23,29)(H,24,28)/t15-,16+,18-/m0/s1. The summed E-state index contributed by atoms with van der Waals surface area (Å²) in [6.45, 7) is 9.28. The molecule has 0 heterocycles. The van der Waals surface area contributed by atoms with Crippen molar-refractivity contribution in [2.24, 2.45) is 17.8 Å². The molecule has 2 amide bonds. The molecule has 0 spiro atoms. The topological polar surface area (TPSA) is 109 Å². The summed E-state index contributed by atoms with van der Waals surface area (Å²) in [7, 11) is 0. The van der Waals surface area contributed by atoms with E-state index in [4.69, 9.17) is 0 Å². The van der Waals surface area contributed by atoms with E-state index in [1.54, 1.807) is 13.8 Å². The molecule has 0 aliphatic rings. The molecule has 0 aliphatic heterocycles. The number of hydrogen-bond donors (Lipinski definition) is 2. The van der Waals surface area contributed by atoms with Crippen LogP contribution < -0.4 is 10.6 Å². The molecule has 0 aromatic heterocycles. The molecule has 8 heteroatoms. The van der Waals surface area contributed by atoms with Gasteiger partial charge in [0.1, 0.15) is 5.78 Å². The van der Waals surface area contributed by atoms with Gasteiger partial charge in [-0.05, 0) is 18.6 Å². The van der Waals surface area contributed by atoms with Crippen molar-refractivity contribution >= 4 is 40.9 Å². The Kier molecular flexibility index (Phi) is 14.3.